The van der Waals surface area contributed by atoms with Crippen LogP contribution in [0.1, 0.15) is 0 Å². The Kier molecular flexibility index (Phi) is 5.22. The van der Waals surface area contributed by atoms with Gasteiger partial charge in [0.05, 0.1) is 33.3 Å². The van der Waals surface area contributed by atoms with Gasteiger partial charge in [0.2, 0.25) is 5.95 Å². The standard InChI is InChI=1S/C48H26N4S/c1-2-13-29-25-30(22-21-27(29)11-1)44-43-34-17-7-10-20-40(34)53-47(43)50-48(49-44)51-38-19-9-6-16-33(38)41-39(51)26-36-32-15-5-8-18-37(32)52-45-31-14-4-3-12-28(31)23-24-35(45)42(41)46(36)52/h1-26H. The summed E-state index contributed by atoms with van der Waals surface area (Å²) in [5.74, 6) is 0.686. The molecule has 0 fully saturated rings. The molecule has 5 heteroatoms. The minimum atomic E-state index is 0.686. The molecule has 0 atom stereocenters. The normalized spacial score (nSPS) is 12.5. The number of para-hydroxylation sites is 2. The molecule has 0 N–H and O–H groups in total. The molecule has 0 spiro atoms. The van der Waals surface area contributed by atoms with Gasteiger partial charge in [-0.15, -0.1) is 11.3 Å². The molecule has 5 aromatic heterocycles. The fourth-order valence-electron chi connectivity index (χ4n) is 9.24. The summed E-state index contributed by atoms with van der Waals surface area (Å²) in [6.07, 6.45) is 0. The first-order valence-corrected chi connectivity index (χ1v) is 18.8. The Hall–Kier alpha value is -6.82. The Morgan fingerprint density at radius 2 is 1.11 bits per heavy atom. The third kappa shape index (κ3) is 3.54. The Balaban J connectivity index is 1.23. The van der Waals surface area contributed by atoms with Crippen LogP contribution in [-0.4, -0.2) is 18.9 Å². The van der Waals surface area contributed by atoms with E-state index in [0.29, 0.717) is 5.95 Å². The predicted molar refractivity (Wildman–Crippen MR) is 224 cm³/mol. The molecule has 0 aliphatic heterocycles. The zero-order chi connectivity index (χ0) is 34.4. The molecule has 0 aliphatic rings. The van der Waals surface area contributed by atoms with Gasteiger partial charge in [-0.25, -0.2) is 9.97 Å². The van der Waals surface area contributed by atoms with Crippen molar-refractivity contribution in [1.29, 1.82) is 0 Å². The molecule has 8 aromatic carbocycles. The van der Waals surface area contributed by atoms with E-state index in [0.717, 1.165) is 32.5 Å². The van der Waals surface area contributed by atoms with Crippen molar-refractivity contribution in [3.05, 3.63) is 158 Å². The molecule has 13 aromatic rings. The summed E-state index contributed by atoms with van der Waals surface area (Å²) >= 11 is 1.74. The van der Waals surface area contributed by atoms with Gasteiger partial charge in [0.1, 0.15) is 4.83 Å². The highest BCUT2D eigenvalue weighted by atomic mass is 32.1. The maximum absolute atomic E-state index is 5.58. The molecule has 0 aliphatic carbocycles. The second-order valence-corrected chi connectivity index (χ2v) is 15.2. The third-order valence-corrected chi connectivity index (χ3v) is 12.5. The van der Waals surface area contributed by atoms with Crippen LogP contribution in [0.3, 0.4) is 0 Å². The molecule has 0 saturated carbocycles. The van der Waals surface area contributed by atoms with E-state index in [-0.39, 0.29) is 0 Å². The summed E-state index contributed by atoms with van der Waals surface area (Å²) in [6, 6.07) is 57.3. The number of thiophene rings is 1. The summed E-state index contributed by atoms with van der Waals surface area (Å²) in [6.45, 7) is 0. The quantitative estimate of drug-likeness (QED) is 0.181. The molecule has 244 valence electrons. The van der Waals surface area contributed by atoms with Crippen LogP contribution in [0.4, 0.5) is 0 Å². The van der Waals surface area contributed by atoms with Gasteiger partial charge in [-0.05, 0) is 46.5 Å². The summed E-state index contributed by atoms with van der Waals surface area (Å²) in [5, 5.41) is 14.7. The number of hydrogen-bond acceptors (Lipinski definition) is 3. The van der Waals surface area contributed by atoms with Crippen molar-refractivity contribution in [2.24, 2.45) is 0 Å². The first kappa shape index (κ1) is 27.8. The van der Waals surface area contributed by atoms with Gasteiger partial charge in [-0.3, -0.25) is 4.57 Å². The van der Waals surface area contributed by atoms with Gasteiger partial charge in [0, 0.05) is 58.7 Å². The third-order valence-electron chi connectivity index (χ3n) is 11.4. The molecule has 13 rings (SSSR count). The van der Waals surface area contributed by atoms with Crippen LogP contribution < -0.4 is 0 Å². The zero-order valence-electron chi connectivity index (χ0n) is 28.2. The van der Waals surface area contributed by atoms with Gasteiger partial charge in [0.15, 0.2) is 0 Å². The number of nitrogens with zero attached hydrogens (tertiary/aromatic N) is 4. The molecule has 0 bridgehead atoms. The Morgan fingerprint density at radius 3 is 2.00 bits per heavy atom. The minimum Gasteiger partial charge on any atom is -0.307 e. The Labute approximate surface area is 305 Å². The van der Waals surface area contributed by atoms with E-state index >= 15 is 0 Å². The van der Waals surface area contributed by atoms with Gasteiger partial charge < -0.3 is 4.40 Å². The Bertz CT molecular complexity index is 3700. The second-order valence-electron chi connectivity index (χ2n) is 14.1. The van der Waals surface area contributed by atoms with Crippen molar-refractivity contribution in [2.75, 3.05) is 0 Å². The van der Waals surface area contributed by atoms with Crippen LogP contribution in [0, 0.1) is 0 Å². The predicted octanol–water partition coefficient (Wildman–Crippen LogP) is 13.1. The van der Waals surface area contributed by atoms with Crippen LogP contribution >= 0.6 is 11.3 Å². The average Bonchev–Trinajstić information content (AvgIpc) is 3.95. The highest BCUT2D eigenvalue weighted by molar-refractivity contribution is 7.25. The highest BCUT2D eigenvalue weighted by Gasteiger charge is 2.26. The minimum absolute atomic E-state index is 0.686. The number of fused-ring (bicyclic) bond motifs is 16. The number of benzene rings is 8. The van der Waals surface area contributed by atoms with E-state index in [1.807, 2.05) is 0 Å². The Morgan fingerprint density at radius 1 is 0.415 bits per heavy atom. The number of hydrogen-bond donors (Lipinski definition) is 0. The zero-order valence-corrected chi connectivity index (χ0v) is 29.0. The van der Waals surface area contributed by atoms with E-state index in [1.54, 1.807) is 11.3 Å². The average molecular weight is 691 g/mol. The SMILES string of the molecule is c1ccc2cc(-c3nc(-n4c5ccccc5c5c6c7ccc8ccccc8c7n7c8ccccc8c(cc54)c67)nc4sc5ccccc5c34)ccc2c1. The van der Waals surface area contributed by atoms with Crippen LogP contribution in [0.5, 0.6) is 0 Å². The highest BCUT2D eigenvalue weighted by Crippen LogP contribution is 2.48. The van der Waals surface area contributed by atoms with Crippen molar-refractivity contribution in [3.63, 3.8) is 0 Å². The molecule has 0 saturated heterocycles. The van der Waals surface area contributed by atoms with E-state index in [2.05, 4.69) is 167 Å². The lowest BCUT2D eigenvalue weighted by Crippen LogP contribution is -2.02. The van der Waals surface area contributed by atoms with E-state index < -0.39 is 0 Å². The van der Waals surface area contributed by atoms with Crippen molar-refractivity contribution >= 4 is 113 Å². The molecule has 0 unspecified atom stereocenters. The lowest BCUT2D eigenvalue weighted by atomic mass is 10.00. The van der Waals surface area contributed by atoms with Crippen LogP contribution in [0.2, 0.25) is 0 Å². The molecule has 53 heavy (non-hydrogen) atoms. The number of aromatic nitrogens is 4. The maximum Gasteiger partial charge on any atom is 0.236 e. The summed E-state index contributed by atoms with van der Waals surface area (Å²) in [4.78, 5) is 12.0. The molecular weight excluding hydrogens is 665 g/mol. The first-order chi connectivity index (χ1) is 26.3. The number of rotatable bonds is 2. The van der Waals surface area contributed by atoms with Crippen molar-refractivity contribution in [1.82, 2.24) is 18.9 Å². The van der Waals surface area contributed by atoms with Gasteiger partial charge in [-0.2, -0.15) is 0 Å². The summed E-state index contributed by atoms with van der Waals surface area (Å²) < 4.78 is 6.05. The fraction of sp³-hybridized carbons (Fsp3) is 0. The van der Waals surface area contributed by atoms with Crippen molar-refractivity contribution < 1.29 is 0 Å². The molecule has 0 amide bonds. The maximum atomic E-state index is 5.58. The monoisotopic (exact) mass is 690 g/mol. The van der Waals surface area contributed by atoms with Crippen LogP contribution in [0.15, 0.2) is 158 Å². The second kappa shape index (κ2) is 9.94. The smallest absolute Gasteiger partial charge is 0.236 e. The molecule has 4 nitrogen and oxygen atoms in total. The fourth-order valence-corrected chi connectivity index (χ4v) is 10.3. The summed E-state index contributed by atoms with van der Waals surface area (Å²) in [5.41, 5.74) is 8.01. The van der Waals surface area contributed by atoms with E-state index in [9.17, 15) is 0 Å². The topological polar surface area (TPSA) is 35.1 Å². The van der Waals surface area contributed by atoms with Crippen LogP contribution in [-0.2, 0) is 0 Å². The van der Waals surface area contributed by atoms with Gasteiger partial charge in [-0.1, -0.05) is 127 Å². The van der Waals surface area contributed by atoms with Crippen molar-refractivity contribution in [2.45, 2.75) is 0 Å². The lowest BCUT2D eigenvalue weighted by Gasteiger charge is -2.11. The molecule has 0 radical (unpaired) electrons. The van der Waals surface area contributed by atoms with Crippen LogP contribution in [0.25, 0.3) is 119 Å². The molecule has 5 heterocycles. The largest absolute Gasteiger partial charge is 0.307 e. The van der Waals surface area contributed by atoms with E-state index in [1.165, 1.54) is 80.5 Å². The lowest BCUT2D eigenvalue weighted by molar-refractivity contribution is 1.02. The van der Waals surface area contributed by atoms with Crippen molar-refractivity contribution in [3.8, 4) is 17.2 Å². The van der Waals surface area contributed by atoms with E-state index in [4.69, 9.17) is 9.97 Å². The summed E-state index contributed by atoms with van der Waals surface area (Å²) in [7, 11) is 0. The van der Waals surface area contributed by atoms with Gasteiger partial charge >= 0.3 is 0 Å². The first-order valence-electron chi connectivity index (χ1n) is 18.0. The van der Waals surface area contributed by atoms with Gasteiger partial charge in [0.25, 0.3) is 0 Å². The molecular formula is C48H26N4S.